The van der Waals surface area contributed by atoms with E-state index in [2.05, 4.69) is 25.9 Å². The van der Waals surface area contributed by atoms with Gasteiger partial charge < -0.3 is 4.74 Å². The number of nitro groups is 1. The molecule has 0 bridgehead atoms. The zero-order valence-electron chi connectivity index (χ0n) is 9.33. The van der Waals surface area contributed by atoms with Crippen molar-refractivity contribution >= 4 is 21.6 Å². The van der Waals surface area contributed by atoms with E-state index < -0.39 is 4.92 Å². The summed E-state index contributed by atoms with van der Waals surface area (Å²) in [7, 11) is 0. The van der Waals surface area contributed by atoms with E-state index in [1.165, 1.54) is 24.5 Å². The first-order valence-electron chi connectivity index (χ1n) is 4.96. The number of halogens is 1. The van der Waals surface area contributed by atoms with Crippen LogP contribution in [0.25, 0.3) is 0 Å². The van der Waals surface area contributed by atoms with Crippen LogP contribution in [-0.2, 0) is 0 Å². The quantitative estimate of drug-likeness (QED) is 0.642. The third-order valence-corrected chi connectivity index (χ3v) is 2.59. The fraction of sp³-hybridized carbons (Fsp3) is 0.0909. The Morgan fingerprint density at radius 2 is 2.00 bits per heavy atom. The van der Waals surface area contributed by atoms with Crippen molar-refractivity contribution in [3.8, 4) is 11.8 Å². The fourth-order valence-corrected chi connectivity index (χ4v) is 1.47. The number of aromatic nitrogens is 2. The van der Waals surface area contributed by atoms with Crippen LogP contribution in [0.2, 0.25) is 0 Å². The average molecular weight is 310 g/mol. The maximum absolute atomic E-state index is 10.7. The molecule has 0 unspecified atom stereocenters. The number of ether oxygens (including phenoxy) is 1. The zero-order valence-corrected chi connectivity index (χ0v) is 10.9. The Morgan fingerprint density at radius 3 is 2.61 bits per heavy atom. The van der Waals surface area contributed by atoms with Crippen LogP contribution in [0.4, 0.5) is 5.69 Å². The topological polar surface area (TPSA) is 78.2 Å². The normalized spacial score (nSPS) is 10.1. The Labute approximate surface area is 111 Å². The minimum atomic E-state index is -0.477. The van der Waals surface area contributed by atoms with Gasteiger partial charge in [0.05, 0.1) is 15.5 Å². The van der Waals surface area contributed by atoms with Crippen molar-refractivity contribution in [1.29, 1.82) is 0 Å². The Hall–Kier alpha value is -2.02. The molecule has 0 aliphatic carbocycles. The van der Waals surface area contributed by atoms with Crippen molar-refractivity contribution in [1.82, 2.24) is 9.97 Å². The monoisotopic (exact) mass is 309 g/mol. The summed E-state index contributed by atoms with van der Waals surface area (Å²) in [4.78, 5) is 18.1. The molecule has 0 spiro atoms. The molecule has 0 saturated carbocycles. The number of nitro benzene ring substituents is 1. The zero-order chi connectivity index (χ0) is 13.1. The Bertz CT molecular complexity index is 587. The van der Waals surface area contributed by atoms with Crippen LogP contribution >= 0.6 is 15.9 Å². The van der Waals surface area contributed by atoms with Gasteiger partial charge in [0, 0.05) is 18.5 Å². The third-order valence-electron chi connectivity index (χ3n) is 2.18. The van der Waals surface area contributed by atoms with Crippen LogP contribution in [-0.4, -0.2) is 14.9 Å². The summed E-state index contributed by atoms with van der Waals surface area (Å²) >= 11 is 3.21. The summed E-state index contributed by atoms with van der Waals surface area (Å²) in [6.07, 6.45) is 3.07. The first kappa shape index (κ1) is 12.4. The lowest BCUT2D eigenvalue weighted by molar-refractivity contribution is -0.384. The largest absolute Gasteiger partial charge is 0.424 e. The van der Waals surface area contributed by atoms with Gasteiger partial charge in [0.1, 0.15) is 5.75 Å². The molecule has 2 rings (SSSR count). The molecule has 18 heavy (non-hydrogen) atoms. The molecule has 0 aliphatic rings. The van der Waals surface area contributed by atoms with Crippen LogP contribution in [0, 0.1) is 17.0 Å². The summed E-state index contributed by atoms with van der Waals surface area (Å²) in [5.41, 5.74) is 0.736. The lowest BCUT2D eigenvalue weighted by atomic mass is 10.2. The summed E-state index contributed by atoms with van der Waals surface area (Å²) in [5, 5.41) is 10.7. The molecule has 0 saturated heterocycles. The smallest absolute Gasteiger partial charge is 0.321 e. The Morgan fingerprint density at radius 1 is 1.33 bits per heavy atom. The molecule has 0 amide bonds. The number of rotatable bonds is 3. The van der Waals surface area contributed by atoms with Gasteiger partial charge in [-0.2, -0.15) is 0 Å². The highest BCUT2D eigenvalue weighted by Gasteiger charge is 2.11. The molecular weight excluding hydrogens is 302 g/mol. The van der Waals surface area contributed by atoms with Crippen molar-refractivity contribution in [3.63, 3.8) is 0 Å². The number of aryl methyl sites for hydroxylation is 1. The van der Waals surface area contributed by atoms with Gasteiger partial charge in [-0.15, -0.1) is 0 Å². The molecule has 0 fully saturated rings. The Balaban J connectivity index is 2.30. The van der Waals surface area contributed by atoms with E-state index in [1.54, 1.807) is 13.0 Å². The van der Waals surface area contributed by atoms with Crippen LogP contribution in [0.1, 0.15) is 5.56 Å². The van der Waals surface area contributed by atoms with E-state index in [0.717, 1.165) is 10.0 Å². The van der Waals surface area contributed by atoms with Gasteiger partial charge >= 0.3 is 6.01 Å². The highest BCUT2D eigenvalue weighted by atomic mass is 79.9. The number of nitrogens with zero attached hydrogens (tertiary/aromatic N) is 3. The molecule has 0 aliphatic heterocycles. The van der Waals surface area contributed by atoms with E-state index in [-0.39, 0.29) is 11.7 Å². The molecule has 6 nitrogen and oxygen atoms in total. The van der Waals surface area contributed by atoms with Crippen LogP contribution in [0.5, 0.6) is 11.8 Å². The van der Waals surface area contributed by atoms with Crippen molar-refractivity contribution in [2.75, 3.05) is 0 Å². The lowest BCUT2D eigenvalue weighted by Crippen LogP contribution is -1.95. The first-order valence-corrected chi connectivity index (χ1v) is 5.76. The summed E-state index contributed by atoms with van der Waals surface area (Å²) in [6, 6.07) is 4.53. The van der Waals surface area contributed by atoms with Gasteiger partial charge in [-0.3, -0.25) is 10.1 Å². The second-order valence-electron chi connectivity index (χ2n) is 3.49. The summed E-state index contributed by atoms with van der Waals surface area (Å²) < 4.78 is 6.13. The number of hydrogen-bond donors (Lipinski definition) is 0. The molecule has 0 N–H and O–H groups in total. The van der Waals surface area contributed by atoms with Crippen LogP contribution < -0.4 is 4.74 Å². The van der Waals surface area contributed by atoms with E-state index in [4.69, 9.17) is 4.74 Å². The van der Waals surface area contributed by atoms with Crippen molar-refractivity contribution < 1.29 is 9.66 Å². The third kappa shape index (κ3) is 2.80. The predicted octanol–water partition coefficient (Wildman–Crippen LogP) is 3.25. The molecule has 2 aromatic rings. The molecular formula is C11H8BrN3O3. The van der Waals surface area contributed by atoms with Gasteiger partial charge in [-0.1, -0.05) is 0 Å². The van der Waals surface area contributed by atoms with E-state index in [0.29, 0.717) is 5.75 Å². The van der Waals surface area contributed by atoms with Gasteiger partial charge in [0.25, 0.3) is 5.69 Å². The number of hydrogen-bond acceptors (Lipinski definition) is 5. The van der Waals surface area contributed by atoms with Crippen molar-refractivity contribution in [3.05, 3.63) is 50.7 Å². The average Bonchev–Trinajstić information content (AvgIpc) is 2.34. The lowest BCUT2D eigenvalue weighted by Gasteiger charge is -2.06. The predicted molar refractivity (Wildman–Crippen MR) is 67.6 cm³/mol. The Kier molecular flexibility index (Phi) is 3.52. The van der Waals surface area contributed by atoms with Crippen molar-refractivity contribution in [2.45, 2.75) is 6.92 Å². The highest BCUT2D eigenvalue weighted by molar-refractivity contribution is 9.10. The minimum absolute atomic E-state index is 0.0345. The van der Waals surface area contributed by atoms with E-state index in [9.17, 15) is 10.1 Å². The first-order chi connectivity index (χ1) is 8.56. The summed E-state index contributed by atoms with van der Waals surface area (Å²) in [5.74, 6) is 0.367. The molecule has 92 valence electrons. The van der Waals surface area contributed by atoms with Gasteiger partial charge in [-0.25, -0.2) is 9.97 Å². The molecule has 7 heteroatoms. The standard InChI is InChI=1S/C11H8BrN3O3/c1-7-2-3-9(15(16)17)4-10(7)18-11-13-5-8(12)6-14-11/h2-6H,1H3. The fourth-order valence-electron chi connectivity index (χ4n) is 1.26. The molecule has 0 atom stereocenters. The van der Waals surface area contributed by atoms with Crippen LogP contribution in [0.15, 0.2) is 35.1 Å². The highest BCUT2D eigenvalue weighted by Crippen LogP contribution is 2.27. The molecule has 1 aromatic heterocycles. The minimum Gasteiger partial charge on any atom is -0.424 e. The van der Waals surface area contributed by atoms with E-state index in [1.807, 2.05) is 0 Å². The van der Waals surface area contributed by atoms with Gasteiger partial charge in [-0.05, 0) is 34.5 Å². The molecule has 1 heterocycles. The molecule has 0 radical (unpaired) electrons. The number of non-ortho nitro benzene ring substituents is 1. The molecule has 1 aromatic carbocycles. The van der Waals surface area contributed by atoms with Gasteiger partial charge in [0.2, 0.25) is 0 Å². The van der Waals surface area contributed by atoms with Crippen molar-refractivity contribution in [2.24, 2.45) is 0 Å². The van der Waals surface area contributed by atoms with E-state index >= 15 is 0 Å². The summed E-state index contributed by atoms with van der Waals surface area (Å²) in [6.45, 7) is 1.79. The van der Waals surface area contributed by atoms with Crippen LogP contribution in [0.3, 0.4) is 0 Å². The maximum atomic E-state index is 10.7. The second-order valence-corrected chi connectivity index (χ2v) is 4.41. The maximum Gasteiger partial charge on any atom is 0.321 e. The number of benzene rings is 1. The SMILES string of the molecule is Cc1ccc([N+](=O)[O-])cc1Oc1ncc(Br)cn1. The van der Waals surface area contributed by atoms with Gasteiger partial charge in [0.15, 0.2) is 0 Å². The second kappa shape index (κ2) is 5.09.